The van der Waals surface area contributed by atoms with Crippen LogP contribution in [0, 0.1) is 0 Å². The van der Waals surface area contributed by atoms with Gasteiger partial charge in [0.15, 0.2) is 6.10 Å². The van der Waals surface area contributed by atoms with Gasteiger partial charge in [-0.3, -0.25) is 23.4 Å². The van der Waals surface area contributed by atoms with Crippen molar-refractivity contribution in [2.24, 2.45) is 0 Å². The molecule has 1 saturated carbocycles. The van der Waals surface area contributed by atoms with Crippen molar-refractivity contribution in [2.45, 2.75) is 50.0 Å². The zero-order chi connectivity index (χ0) is 25.1. The van der Waals surface area contributed by atoms with E-state index in [0.29, 0.717) is 0 Å². The summed E-state index contributed by atoms with van der Waals surface area (Å²) in [5.74, 6) is 0. The van der Waals surface area contributed by atoms with Crippen LogP contribution in [0.4, 0.5) is 0 Å². The van der Waals surface area contributed by atoms with Crippen LogP contribution in [0.3, 0.4) is 0 Å². The van der Waals surface area contributed by atoms with Crippen LogP contribution in [0.25, 0.3) is 0 Å². The summed E-state index contributed by atoms with van der Waals surface area (Å²) < 4.78 is 68.2. The predicted octanol–water partition coefficient (Wildman–Crippen LogP) is -1.44. The quantitative estimate of drug-likeness (QED) is 0.0752. The number of phosphoric ester groups is 4. The van der Waals surface area contributed by atoms with Crippen molar-refractivity contribution >= 4 is 31.3 Å². The van der Waals surface area contributed by atoms with Crippen LogP contribution in [-0.4, -0.2) is 87.6 Å². The zero-order valence-corrected chi connectivity index (χ0v) is 19.4. The van der Waals surface area contributed by atoms with E-state index in [4.69, 9.17) is 24.3 Å². The molecular weight excluding hydrogens is 536 g/mol. The third kappa shape index (κ3) is 10.3. The molecule has 32 heavy (non-hydrogen) atoms. The van der Waals surface area contributed by atoms with Crippen LogP contribution in [0.2, 0.25) is 0 Å². The highest BCUT2D eigenvalue weighted by atomic mass is 31.2. The molecule has 1 rings (SSSR count). The molecule has 1 aliphatic carbocycles. The first-order valence-corrected chi connectivity index (χ1v) is 14.3. The van der Waals surface area contributed by atoms with Crippen LogP contribution in [0.15, 0.2) is 0 Å². The van der Waals surface area contributed by atoms with Gasteiger partial charge >= 0.3 is 31.3 Å². The molecule has 1 aliphatic rings. The standard InChI is InChI=1S/C9H22O19P4/c1-2-3-23-4-5(24-10)7(26-30(14,15)16)9(28-32(20,21)22)8(27-31(17,18)19)6(4)25-29(11,12)13/h4-10H,2-3H2,1H3,(H2,11,12,13)(H2,14,15,16)(H2,17,18,19)(H2,20,21,22)/t4-,5-,6?,7?,8?,9-/m0/s1. The van der Waals surface area contributed by atoms with Crippen molar-refractivity contribution in [3.8, 4) is 0 Å². The summed E-state index contributed by atoms with van der Waals surface area (Å²) in [5.41, 5.74) is 0. The molecule has 0 bridgehead atoms. The number of rotatable bonds is 12. The summed E-state index contributed by atoms with van der Waals surface area (Å²) in [6.45, 7) is 1.23. The highest BCUT2D eigenvalue weighted by molar-refractivity contribution is 7.47. The maximum Gasteiger partial charge on any atom is 0.470 e. The molecule has 0 aromatic carbocycles. The Bertz CT molecular complexity index is 793. The Hall–Kier alpha value is 0.320. The summed E-state index contributed by atoms with van der Waals surface area (Å²) in [6, 6.07) is 0. The van der Waals surface area contributed by atoms with E-state index in [1.807, 2.05) is 0 Å². The average molecular weight is 558 g/mol. The average Bonchev–Trinajstić information content (AvgIpc) is 2.54. The smallest absolute Gasteiger partial charge is 0.372 e. The van der Waals surface area contributed by atoms with Crippen LogP contribution in [-0.2, 0) is 46.0 Å². The van der Waals surface area contributed by atoms with Crippen LogP contribution in [0.1, 0.15) is 13.3 Å². The highest BCUT2D eigenvalue weighted by Gasteiger charge is 2.60. The summed E-state index contributed by atoms with van der Waals surface area (Å²) in [6.07, 6.45) is -14.3. The second kappa shape index (κ2) is 11.4. The Balaban J connectivity index is 3.74. The summed E-state index contributed by atoms with van der Waals surface area (Å²) in [7, 11) is -22.5. The third-order valence-electron chi connectivity index (χ3n) is 3.62. The molecule has 0 amide bonds. The number of hydrogen-bond acceptors (Lipinski definition) is 11. The van der Waals surface area contributed by atoms with E-state index in [1.165, 1.54) is 6.92 Å². The maximum absolute atomic E-state index is 11.4. The van der Waals surface area contributed by atoms with Crippen LogP contribution >= 0.6 is 31.3 Å². The lowest BCUT2D eigenvalue weighted by Crippen LogP contribution is -2.66. The SMILES string of the molecule is CCCO[C@@H]1C(OP(=O)(O)O)C(OP(=O)(O)O)[C@@H](OP(=O)(O)O)C(OP(=O)(O)O)[C@H]1OO. The lowest BCUT2D eigenvalue weighted by atomic mass is 9.85. The largest absolute Gasteiger partial charge is 0.470 e. The Kier molecular flexibility index (Phi) is 10.8. The van der Waals surface area contributed by atoms with E-state index in [-0.39, 0.29) is 13.0 Å². The van der Waals surface area contributed by atoms with E-state index < -0.39 is 67.9 Å². The maximum atomic E-state index is 11.4. The number of ether oxygens (including phenoxy) is 1. The number of phosphoric acid groups is 4. The molecule has 0 aromatic heterocycles. The molecular formula is C9H22O19P4. The highest BCUT2D eigenvalue weighted by Crippen LogP contribution is 2.53. The number of hydrogen-bond donors (Lipinski definition) is 9. The lowest BCUT2D eigenvalue weighted by molar-refractivity contribution is -0.347. The van der Waals surface area contributed by atoms with Crippen molar-refractivity contribution < 1.29 is 90.4 Å². The second-order valence-electron chi connectivity index (χ2n) is 6.15. The second-order valence-corrected chi connectivity index (χ2v) is 10.9. The van der Waals surface area contributed by atoms with E-state index in [9.17, 15) is 43.1 Å². The molecule has 1 fully saturated rings. The molecule has 0 aromatic rings. The first-order chi connectivity index (χ1) is 14.3. The van der Waals surface area contributed by atoms with Crippen LogP contribution < -0.4 is 0 Å². The molecule has 23 heteroatoms. The van der Waals surface area contributed by atoms with Gasteiger partial charge in [0.2, 0.25) is 0 Å². The normalized spacial score (nSPS) is 30.4. The lowest BCUT2D eigenvalue weighted by Gasteiger charge is -2.47. The van der Waals surface area contributed by atoms with Gasteiger partial charge in [0.05, 0.1) is 0 Å². The summed E-state index contributed by atoms with van der Waals surface area (Å²) in [5, 5.41) is 9.27. The first-order valence-electron chi connectivity index (χ1n) is 8.15. The molecule has 0 spiro atoms. The Morgan fingerprint density at radius 3 is 1.09 bits per heavy atom. The van der Waals surface area contributed by atoms with Gasteiger partial charge < -0.3 is 43.9 Å². The molecule has 0 radical (unpaired) electrons. The Morgan fingerprint density at radius 1 is 0.562 bits per heavy atom. The topological polar surface area (TPSA) is 306 Å². The molecule has 0 aliphatic heterocycles. The minimum atomic E-state index is -5.69. The molecule has 6 atom stereocenters. The molecule has 9 N–H and O–H groups in total. The zero-order valence-electron chi connectivity index (χ0n) is 15.8. The van der Waals surface area contributed by atoms with Gasteiger partial charge in [0.25, 0.3) is 0 Å². The first kappa shape index (κ1) is 30.4. The fourth-order valence-electron chi connectivity index (χ4n) is 2.80. The van der Waals surface area contributed by atoms with E-state index in [1.54, 1.807) is 0 Å². The minimum Gasteiger partial charge on any atom is -0.372 e. The molecule has 3 unspecified atom stereocenters. The fraction of sp³-hybridized carbons (Fsp3) is 1.00. The van der Waals surface area contributed by atoms with Gasteiger partial charge in [-0.25, -0.2) is 23.1 Å². The van der Waals surface area contributed by atoms with E-state index >= 15 is 0 Å². The summed E-state index contributed by atoms with van der Waals surface area (Å²) >= 11 is 0. The van der Waals surface area contributed by atoms with Crippen molar-refractivity contribution in [2.75, 3.05) is 6.61 Å². The fourth-order valence-corrected chi connectivity index (χ4v) is 5.03. The van der Waals surface area contributed by atoms with Gasteiger partial charge in [-0.2, -0.15) is 0 Å². The minimum absolute atomic E-state index is 0.188. The predicted molar refractivity (Wildman–Crippen MR) is 95.2 cm³/mol. The van der Waals surface area contributed by atoms with Crippen LogP contribution in [0.5, 0.6) is 0 Å². The van der Waals surface area contributed by atoms with Gasteiger partial charge in [-0.15, -0.1) is 0 Å². The van der Waals surface area contributed by atoms with Crippen molar-refractivity contribution in [1.29, 1.82) is 0 Å². The van der Waals surface area contributed by atoms with E-state index in [0.717, 1.165) is 0 Å². The van der Waals surface area contributed by atoms with Gasteiger partial charge in [-0.1, -0.05) is 6.92 Å². The third-order valence-corrected chi connectivity index (χ3v) is 5.69. The molecule has 0 saturated heterocycles. The van der Waals surface area contributed by atoms with Gasteiger partial charge in [0.1, 0.15) is 30.5 Å². The Morgan fingerprint density at radius 2 is 0.844 bits per heavy atom. The summed E-state index contributed by atoms with van der Waals surface area (Å²) in [4.78, 5) is 77.3. The van der Waals surface area contributed by atoms with Gasteiger partial charge in [0, 0.05) is 6.61 Å². The molecule has 0 heterocycles. The van der Waals surface area contributed by atoms with Crippen molar-refractivity contribution in [3.05, 3.63) is 0 Å². The Labute approximate surface area is 179 Å². The molecule has 192 valence electrons. The van der Waals surface area contributed by atoms with Crippen molar-refractivity contribution in [3.63, 3.8) is 0 Å². The van der Waals surface area contributed by atoms with Gasteiger partial charge in [-0.05, 0) is 6.42 Å². The molecule has 19 nitrogen and oxygen atoms in total. The van der Waals surface area contributed by atoms with E-state index in [2.05, 4.69) is 23.0 Å². The van der Waals surface area contributed by atoms with Crippen molar-refractivity contribution in [1.82, 2.24) is 0 Å². The monoisotopic (exact) mass is 558 g/mol.